The van der Waals surface area contributed by atoms with Gasteiger partial charge in [-0.15, -0.1) is 0 Å². The van der Waals surface area contributed by atoms with Gasteiger partial charge in [0.15, 0.2) is 0 Å². The third-order valence-electron chi connectivity index (χ3n) is 3.55. The summed E-state index contributed by atoms with van der Waals surface area (Å²) in [6, 6.07) is 2.23. The minimum Gasteiger partial charge on any atom is -0.349 e. The van der Waals surface area contributed by atoms with E-state index in [1.54, 1.807) is 24.0 Å². The van der Waals surface area contributed by atoms with Crippen LogP contribution in [-0.4, -0.2) is 36.6 Å². The highest BCUT2D eigenvalue weighted by molar-refractivity contribution is 7.99. The van der Waals surface area contributed by atoms with Crippen LogP contribution in [0.15, 0.2) is 17.2 Å². The number of hydrogen-bond acceptors (Lipinski definition) is 4. The fourth-order valence-electron chi connectivity index (χ4n) is 2.34. The van der Waals surface area contributed by atoms with Crippen molar-refractivity contribution in [3.63, 3.8) is 0 Å². The first-order valence-corrected chi connectivity index (χ1v) is 10.1. The maximum Gasteiger partial charge on any atom is 0.242 e. The molecule has 120 valence electrons. The Morgan fingerprint density at radius 1 is 1.48 bits per heavy atom. The Morgan fingerprint density at radius 3 is 2.81 bits per heavy atom. The van der Waals surface area contributed by atoms with E-state index in [-0.39, 0.29) is 6.04 Å². The van der Waals surface area contributed by atoms with Crippen LogP contribution in [-0.2, 0) is 23.1 Å². The average Bonchev–Trinajstić information content (AvgIpc) is 3.04. The van der Waals surface area contributed by atoms with Crippen molar-refractivity contribution >= 4 is 21.8 Å². The summed E-state index contributed by atoms with van der Waals surface area (Å²) in [6.07, 6.45) is 2.65. The Hall–Kier alpha value is -0.500. The zero-order valence-corrected chi connectivity index (χ0v) is 14.6. The molecule has 2 heterocycles. The lowest BCUT2D eigenvalue weighted by Crippen LogP contribution is -2.34. The van der Waals surface area contributed by atoms with Gasteiger partial charge in [-0.1, -0.05) is 13.8 Å². The van der Waals surface area contributed by atoms with Crippen LogP contribution in [0.5, 0.6) is 0 Å². The molecule has 1 saturated heterocycles. The SMILES string of the molecule is CCn1cc(S(=O)(=O)NC2CCSC2)cc1CNC(C)C. The summed E-state index contributed by atoms with van der Waals surface area (Å²) in [6.45, 7) is 7.63. The Morgan fingerprint density at radius 2 is 2.24 bits per heavy atom. The molecular formula is C14H25N3O2S2. The van der Waals surface area contributed by atoms with Crippen LogP contribution in [0.4, 0.5) is 0 Å². The van der Waals surface area contributed by atoms with Crippen molar-refractivity contribution in [2.75, 3.05) is 11.5 Å². The van der Waals surface area contributed by atoms with Crippen molar-refractivity contribution in [3.05, 3.63) is 18.0 Å². The lowest BCUT2D eigenvalue weighted by atomic mass is 10.3. The Labute approximate surface area is 131 Å². The van der Waals surface area contributed by atoms with Gasteiger partial charge in [-0.25, -0.2) is 13.1 Å². The molecule has 1 aliphatic heterocycles. The van der Waals surface area contributed by atoms with E-state index in [2.05, 4.69) is 23.9 Å². The Bertz CT molecular complexity index is 561. The predicted molar refractivity (Wildman–Crippen MR) is 88.1 cm³/mol. The number of thioether (sulfide) groups is 1. The number of aromatic nitrogens is 1. The smallest absolute Gasteiger partial charge is 0.242 e. The fraction of sp³-hybridized carbons (Fsp3) is 0.714. The summed E-state index contributed by atoms with van der Waals surface area (Å²) in [5.41, 5.74) is 1.01. The summed E-state index contributed by atoms with van der Waals surface area (Å²) in [5, 5.41) is 3.33. The van der Waals surface area contributed by atoms with E-state index in [9.17, 15) is 8.42 Å². The topological polar surface area (TPSA) is 63.1 Å². The second kappa shape index (κ2) is 7.17. The quantitative estimate of drug-likeness (QED) is 0.799. The molecule has 7 heteroatoms. The van der Waals surface area contributed by atoms with Crippen molar-refractivity contribution in [2.45, 2.75) is 57.3 Å². The fourth-order valence-corrected chi connectivity index (χ4v) is 4.93. The summed E-state index contributed by atoms with van der Waals surface area (Å²) >= 11 is 1.80. The minimum absolute atomic E-state index is 0.0715. The molecule has 21 heavy (non-hydrogen) atoms. The van der Waals surface area contributed by atoms with Gasteiger partial charge >= 0.3 is 0 Å². The third-order valence-corrected chi connectivity index (χ3v) is 6.20. The Balaban J connectivity index is 2.14. The van der Waals surface area contributed by atoms with Gasteiger partial charge in [0.25, 0.3) is 0 Å². The highest BCUT2D eigenvalue weighted by Crippen LogP contribution is 2.21. The molecule has 5 nitrogen and oxygen atoms in total. The molecule has 0 bridgehead atoms. The average molecular weight is 332 g/mol. The summed E-state index contributed by atoms with van der Waals surface area (Å²) in [7, 11) is -3.41. The maximum atomic E-state index is 12.5. The minimum atomic E-state index is -3.41. The van der Waals surface area contributed by atoms with Gasteiger partial charge in [-0.3, -0.25) is 0 Å². The lowest BCUT2D eigenvalue weighted by Gasteiger charge is -2.10. The number of nitrogens with zero attached hydrogens (tertiary/aromatic N) is 1. The molecule has 1 aliphatic rings. The molecule has 0 aliphatic carbocycles. The molecule has 0 radical (unpaired) electrons. The van der Waals surface area contributed by atoms with Gasteiger partial charge in [-0.05, 0) is 25.2 Å². The molecule has 1 atom stereocenters. The second-order valence-corrected chi connectivity index (χ2v) is 8.53. The summed E-state index contributed by atoms with van der Waals surface area (Å²) < 4.78 is 29.7. The third kappa shape index (κ3) is 4.48. The van der Waals surface area contributed by atoms with Crippen LogP contribution in [0.3, 0.4) is 0 Å². The standard InChI is InChI=1S/C14H25N3O2S2/c1-4-17-9-14(7-13(17)8-15-11(2)3)21(18,19)16-12-5-6-20-10-12/h7,9,11-12,15-16H,4-6,8,10H2,1-3H3. The first kappa shape index (κ1) is 16.9. The van der Waals surface area contributed by atoms with Gasteiger partial charge in [0.1, 0.15) is 0 Å². The van der Waals surface area contributed by atoms with Crippen LogP contribution < -0.4 is 10.0 Å². The van der Waals surface area contributed by atoms with E-state index < -0.39 is 10.0 Å². The molecule has 0 saturated carbocycles. The molecule has 1 unspecified atom stereocenters. The molecule has 0 aromatic carbocycles. The Kier molecular flexibility index (Phi) is 5.76. The second-order valence-electron chi connectivity index (χ2n) is 5.67. The highest BCUT2D eigenvalue weighted by Gasteiger charge is 2.24. The highest BCUT2D eigenvalue weighted by atomic mass is 32.2. The molecule has 1 aromatic heterocycles. The zero-order chi connectivity index (χ0) is 15.5. The van der Waals surface area contributed by atoms with Gasteiger partial charge in [0, 0.05) is 42.8 Å². The van der Waals surface area contributed by atoms with E-state index in [1.165, 1.54) is 0 Å². The molecule has 1 fully saturated rings. The number of hydrogen-bond donors (Lipinski definition) is 2. The normalized spacial score (nSPS) is 19.5. The molecule has 0 amide bonds. The van der Waals surface area contributed by atoms with Crippen LogP contribution in [0.1, 0.15) is 32.9 Å². The van der Waals surface area contributed by atoms with Crippen molar-refractivity contribution in [1.82, 2.24) is 14.6 Å². The van der Waals surface area contributed by atoms with E-state index in [1.807, 2.05) is 11.5 Å². The summed E-state index contributed by atoms with van der Waals surface area (Å²) in [5.74, 6) is 1.90. The monoisotopic (exact) mass is 331 g/mol. The molecule has 2 N–H and O–H groups in total. The van der Waals surface area contributed by atoms with Crippen LogP contribution in [0, 0.1) is 0 Å². The van der Waals surface area contributed by atoms with E-state index >= 15 is 0 Å². The number of sulfonamides is 1. The zero-order valence-electron chi connectivity index (χ0n) is 12.9. The van der Waals surface area contributed by atoms with Crippen LogP contribution >= 0.6 is 11.8 Å². The van der Waals surface area contributed by atoms with Crippen molar-refractivity contribution in [1.29, 1.82) is 0 Å². The van der Waals surface area contributed by atoms with Crippen LogP contribution in [0.2, 0.25) is 0 Å². The first-order valence-electron chi connectivity index (χ1n) is 7.45. The van der Waals surface area contributed by atoms with Crippen molar-refractivity contribution in [2.24, 2.45) is 0 Å². The van der Waals surface area contributed by atoms with Crippen molar-refractivity contribution in [3.8, 4) is 0 Å². The van der Waals surface area contributed by atoms with Gasteiger partial charge in [0.2, 0.25) is 10.0 Å². The lowest BCUT2D eigenvalue weighted by molar-refractivity contribution is 0.560. The number of rotatable bonds is 7. The van der Waals surface area contributed by atoms with E-state index in [0.717, 1.165) is 30.2 Å². The molecular weight excluding hydrogens is 306 g/mol. The summed E-state index contributed by atoms with van der Waals surface area (Å²) in [4.78, 5) is 0.377. The van der Waals surface area contributed by atoms with Gasteiger partial charge in [-0.2, -0.15) is 11.8 Å². The maximum absolute atomic E-state index is 12.5. The van der Waals surface area contributed by atoms with Gasteiger partial charge < -0.3 is 9.88 Å². The van der Waals surface area contributed by atoms with E-state index in [0.29, 0.717) is 17.5 Å². The van der Waals surface area contributed by atoms with Crippen molar-refractivity contribution < 1.29 is 8.42 Å². The molecule has 2 rings (SSSR count). The molecule has 0 spiro atoms. The number of nitrogens with one attached hydrogen (secondary N) is 2. The number of aryl methyl sites for hydroxylation is 1. The van der Waals surface area contributed by atoms with E-state index in [4.69, 9.17) is 0 Å². The van der Waals surface area contributed by atoms with Gasteiger partial charge in [0.05, 0.1) is 4.90 Å². The first-order chi connectivity index (χ1) is 9.92. The predicted octanol–water partition coefficient (Wildman–Crippen LogP) is 1.79. The molecule has 1 aromatic rings. The largest absolute Gasteiger partial charge is 0.349 e. The van der Waals surface area contributed by atoms with Crippen LogP contribution in [0.25, 0.3) is 0 Å².